The molecule has 0 unspecified atom stereocenters. The van der Waals surface area contributed by atoms with Crippen LogP contribution >= 0.6 is 0 Å². The molecular weight excluding hydrogens is 162 g/mol. The van der Waals surface area contributed by atoms with Crippen LogP contribution in [0.4, 0.5) is 0 Å². The molecular formula is C11H21NO. The Balaban J connectivity index is 1.64. The summed E-state index contributed by atoms with van der Waals surface area (Å²) in [4.78, 5) is 0. The van der Waals surface area contributed by atoms with Crippen molar-refractivity contribution in [3.05, 3.63) is 0 Å². The van der Waals surface area contributed by atoms with Crippen LogP contribution in [0, 0.1) is 0 Å². The van der Waals surface area contributed by atoms with Crippen molar-refractivity contribution in [2.75, 3.05) is 13.2 Å². The van der Waals surface area contributed by atoms with E-state index in [9.17, 15) is 0 Å². The lowest BCUT2D eigenvalue weighted by Gasteiger charge is -2.41. The summed E-state index contributed by atoms with van der Waals surface area (Å²) in [6, 6.07) is 0.846. The van der Waals surface area contributed by atoms with Gasteiger partial charge in [-0.3, -0.25) is 0 Å². The summed E-state index contributed by atoms with van der Waals surface area (Å²) in [7, 11) is 0. The highest BCUT2D eigenvalue weighted by atomic mass is 16.5. The van der Waals surface area contributed by atoms with Gasteiger partial charge in [0.2, 0.25) is 0 Å². The maximum atomic E-state index is 5.83. The molecule has 76 valence electrons. The molecule has 0 amide bonds. The highest BCUT2D eigenvalue weighted by Crippen LogP contribution is 2.38. The first kappa shape index (κ1) is 9.47. The van der Waals surface area contributed by atoms with Gasteiger partial charge in [0.1, 0.15) is 0 Å². The van der Waals surface area contributed by atoms with Crippen molar-refractivity contribution in [2.24, 2.45) is 0 Å². The molecule has 0 heterocycles. The van der Waals surface area contributed by atoms with E-state index >= 15 is 0 Å². The van der Waals surface area contributed by atoms with Gasteiger partial charge >= 0.3 is 0 Å². The summed E-state index contributed by atoms with van der Waals surface area (Å²) < 4.78 is 5.83. The number of ether oxygens (including phenoxy) is 1. The number of hydrogen-bond donors (Lipinski definition) is 1. The van der Waals surface area contributed by atoms with E-state index in [-0.39, 0.29) is 5.60 Å². The predicted molar refractivity (Wildman–Crippen MR) is 53.8 cm³/mol. The maximum Gasteiger partial charge on any atom is 0.0694 e. The second-order valence-electron chi connectivity index (χ2n) is 4.45. The topological polar surface area (TPSA) is 21.3 Å². The molecule has 0 atom stereocenters. The molecule has 1 N–H and O–H groups in total. The minimum absolute atomic E-state index is 0.274. The van der Waals surface area contributed by atoms with Crippen LogP contribution in [0.5, 0.6) is 0 Å². The largest absolute Gasteiger partial charge is 0.375 e. The average Bonchev–Trinajstić information content (AvgIpc) is 2.83. The molecule has 0 bridgehead atoms. The van der Waals surface area contributed by atoms with E-state index in [2.05, 4.69) is 12.2 Å². The SMILES string of the molecule is CCOC1(CCNC2CC2)CCC1. The van der Waals surface area contributed by atoms with E-state index in [4.69, 9.17) is 4.74 Å². The van der Waals surface area contributed by atoms with Gasteiger partial charge in [0, 0.05) is 12.6 Å². The zero-order valence-electron chi connectivity index (χ0n) is 8.64. The molecule has 2 aliphatic carbocycles. The summed E-state index contributed by atoms with van der Waals surface area (Å²) in [6.07, 6.45) is 7.93. The Bertz CT molecular complexity index is 161. The summed E-state index contributed by atoms with van der Waals surface area (Å²) >= 11 is 0. The van der Waals surface area contributed by atoms with E-state index in [0.717, 1.165) is 19.2 Å². The lowest BCUT2D eigenvalue weighted by atomic mass is 9.77. The van der Waals surface area contributed by atoms with Crippen LogP contribution in [0.2, 0.25) is 0 Å². The molecule has 2 fully saturated rings. The van der Waals surface area contributed by atoms with Gasteiger partial charge in [0.25, 0.3) is 0 Å². The first-order chi connectivity index (χ1) is 6.35. The molecule has 2 heteroatoms. The molecule has 2 saturated carbocycles. The molecule has 2 rings (SSSR count). The van der Waals surface area contributed by atoms with Crippen LogP contribution in [-0.4, -0.2) is 24.8 Å². The third kappa shape index (κ3) is 2.44. The van der Waals surface area contributed by atoms with Crippen LogP contribution in [0.25, 0.3) is 0 Å². The van der Waals surface area contributed by atoms with Gasteiger partial charge in [-0.2, -0.15) is 0 Å². The third-order valence-electron chi connectivity index (χ3n) is 3.31. The second-order valence-corrected chi connectivity index (χ2v) is 4.45. The highest BCUT2D eigenvalue weighted by molar-refractivity contribution is 4.91. The minimum Gasteiger partial charge on any atom is -0.375 e. The van der Waals surface area contributed by atoms with Crippen molar-refractivity contribution >= 4 is 0 Å². The third-order valence-corrected chi connectivity index (χ3v) is 3.31. The normalized spacial score (nSPS) is 25.6. The van der Waals surface area contributed by atoms with Gasteiger partial charge in [-0.15, -0.1) is 0 Å². The van der Waals surface area contributed by atoms with Crippen molar-refractivity contribution in [1.29, 1.82) is 0 Å². The molecule has 0 aromatic rings. The fourth-order valence-electron chi connectivity index (χ4n) is 2.14. The van der Waals surface area contributed by atoms with E-state index in [0.29, 0.717) is 0 Å². The standard InChI is InChI=1S/C11H21NO/c1-2-13-11(6-3-7-11)8-9-12-10-4-5-10/h10,12H,2-9H2,1H3. The van der Waals surface area contributed by atoms with E-state index in [1.54, 1.807) is 0 Å². The Hall–Kier alpha value is -0.0800. The predicted octanol–water partition coefficient (Wildman–Crippen LogP) is 2.09. The first-order valence-electron chi connectivity index (χ1n) is 5.72. The lowest BCUT2D eigenvalue weighted by Crippen LogP contribution is -2.42. The Labute approximate surface area is 81.0 Å². The maximum absolute atomic E-state index is 5.83. The Morgan fingerprint density at radius 2 is 2.15 bits per heavy atom. The fourth-order valence-corrected chi connectivity index (χ4v) is 2.14. The summed E-state index contributed by atoms with van der Waals surface area (Å²) in [5, 5.41) is 3.56. The van der Waals surface area contributed by atoms with Gasteiger partial charge in [0.15, 0.2) is 0 Å². The number of nitrogens with one attached hydrogen (secondary N) is 1. The van der Waals surface area contributed by atoms with E-state index in [1.165, 1.54) is 38.5 Å². The summed E-state index contributed by atoms with van der Waals surface area (Å²) in [6.45, 7) is 4.14. The van der Waals surface area contributed by atoms with Crippen molar-refractivity contribution in [2.45, 2.75) is 57.1 Å². The fraction of sp³-hybridized carbons (Fsp3) is 1.00. The van der Waals surface area contributed by atoms with Crippen LogP contribution in [-0.2, 0) is 4.74 Å². The zero-order chi connectivity index (χ0) is 9.15. The Kier molecular flexibility index (Phi) is 2.89. The molecule has 0 spiro atoms. The van der Waals surface area contributed by atoms with Crippen LogP contribution < -0.4 is 5.32 Å². The van der Waals surface area contributed by atoms with Gasteiger partial charge in [-0.1, -0.05) is 0 Å². The quantitative estimate of drug-likeness (QED) is 0.681. The van der Waals surface area contributed by atoms with Gasteiger partial charge in [-0.25, -0.2) is 0 Å². The zero-order valence-corrected chi connectivity index (χ0v) is 8.64. The number of rotatable bonds is 6. The van der Waals surface area contributed by atoms with Crippen molar-refractivity contribution in [3.8, 4) is 0 Å². The molecule has 0 saturated heterocycles. The van der Waals surface area contributed by atoms with Gasteiger partial charge < -0.3 is 10.1 Å². The molecule has 0 aromatic heterocycles. The molecule has 13 heavy (non-hydrogen) atoms. The number of hydrogen-bond acceptors (Lipinski definition) is 2. The molecule has 0 aromatic carbocycles. The van der Waals surface area contributed by atoms with Crippen molar-refractivity contribution in [3.63, 3.8) is 0 Å². The van der Waals surface area contributed by atoms with Crippen LogP contribution in [0.1, 0.15) is 45.4 Å². The highest BCUT2D eigenvalue weighted by Gasteiger charge is 2.37. The van der Waals surface area contributed by atoms with E-state index < -0.39 is 0 Å². The average molecular weight is 183 g/mol. The molecule has 2 aliphatic rings. The van der Waals surface area contributed by atoms with Crippen molar-refractivity contribution < 1.29 is 4.74 Å². The monoisotopic (exact) mass is 183 g/mol. The van der Waals surface area contributed by atoms with Crippen LogP contribution in [0.15, 0.2) is 0 Å². The first-order valence-corrected chi connectivity index (χ1v) is 5.72. The smallest absolute Gasteiger partial charge is 0.0694 e. The second kappa shape index (κ2) is 3.97. The van der Waals surface area contributed by atoms with E-state index in [1.807, 2.05) is 0 Å². The molecule has 0 radical (unpaired) electrons. The Morgan fingerprint density at radius 3 is 2.62 bits per heavy atom. The van der Waals surface area contributed by atoms with Gasteiger partial charge in [0.05, 0.1) is 5.60 Å². The Morgan fingerprint density at radius 1 is 1.38 bits per heavy atom. The summed E-state index contributed by atoms with van der Waals surface area (Å²) in [5.74, 6) is 0. The minimum atomic E-state index is 0.274. The molecule has 0 aliphatic heterocycles. The van der Waals surface area contributed by atoms with Crippen molar-refractivity contribution in [1.82, 2.24) is 5.32 Å². The molecule has 2 nitrogen and oxygen atoms in total. The summed E-state index contributed by atoms with van der Waals surface area (Å²) in [5.41, 5.74) is 0.274. The van der Waals surface area contributed by atoms with Gasteiger partial charge in [-0.05, 0) is 52.0 Å². The lowest BCUT2D eigenvalue weighted by molar-refractivity contribution is -0.0992. The van der Waals surface area contributed by atoms with Crippen LogP contribution in [0.3, 0.4) is 0 Å².